The van der Waals surface area contributed by atoms with Gasteiger partial charge in [-0.25, -0.2) is 8.42 Å². The van der Waals surface area contributed by atoms with Gasteiger partial charge in [0.15, 0.2) is 9.84 Å². The Labute approximate surface area is 215 Å². The number of hydrogen-bond donors (Lipinski definition) is 1. The minimum Gasteiger partial charge on any atom is -0.371 e. The van der Waals surface area contributed by atoms with E-state index in [4.69, 9.17) is 0 Å². The van der Waals surface area contributed by atoms with Gasteiger partial charge in [-0.05, 0) is 78.4 Å². The Morgan fingerprint density at radius 1 is 0.919 bits per heavy atom. The summed E-state index contributed by atoms with van der Waals surface area (Å²) in [6.07, 6.45) is -2.42. The SMILES string of the molecule is CCS(=O)(=O)c1ccc(CC(=O)Nc2ccc(C3CCN(c4ccc(C(F)(F)F)cc4)CC3)cc2)cc1. The number of rotatable bonds is 7. The molecule has 9 heteroatoms. The number of benzene rings is 3. The molecule has 1 amide bonds. The highest BCUT2D eigenvalue weighted by atomic mass is 32.2. The van der Waals surface area contributed by atoms with Crippen molar-refractivity contribution in [3.63, 3.8) is 0 Å². The van der Waals surface area contributed by atoms with E-state index < -0.39 is 21.6 Å². The molecule has 1 aliphatic heterocycles. The quantitative estimate of drug-likeness (QED) is 0.403. The van der Waals surface area contributed by atoms with Crippen molar-refractivity contribution in [2.24, 2.45) is 0 Å². The zero-order valence-corrected chi connectivity index (χ0v) is 21.3. The van der Waals surface area contributed by atoms with Gasteiger partial charge in [0.1, 0.15) is 0 Å². The van der Waals surface area contributed by atoms with Gasteiger partial charge in [0.2, 0.25) is 5.91 Å². The molecule has 0 unspecified atom stereocenters. The number of anilines is 2. The molecule has 0 aromatic heterocycles. The fourth-order valence-corrected chi connectivity index (χ4v) is 5.43. The summed E-state index contributed by atoms with van der Waals surface area (Å²) in [6, 6.07) is 19.4. The Hall–Kier alpha value is -3.33. The topological polar surface area (TPSA) is 66.5 Å². The van der Waals surface area contributed by atoms with Crippen molar-refractivity contribution in [3.05, 3.63) is 89.5 Å². The van der Waals surface area contributed by atoms with Crippen LogP contribution in [-0.2, 0) is 27.2 Å². The molecule has 3 aromatic rings. The van der Waals surface area contributed by atoms with E-state index in [9.17, 15) is 26.4 Å². The van der Waals surface area contributed by atoms with E-state index in [0.717, 1.165) is 54.9 Å². The molecule has 0 atom stereocenters. The molecule has 3 aromatic carbocycles. The van der Waals surface area contributed by atoms with Gasteiger partial charge in [0.05, 0.1) is 22.6 Å². The highest BCUT2D eigenvalue weighted by Crippen LogP contribution is 2.33. The van der Waals surface area contributed by atoms with Gasteiger partial charge in [-0.15, -0.1) is 0 Å². The number of carbonyl (C=O) groups is 1. The molecule has 196 valence electrons. The Kier molecular flexibility index (Phi) is 7.92. The Balaban J connectivity index is 1.28. The van der Waals surface area contributed by atoms with Crippen LogP contribution in [0.15, 0.2) is 77.7 Å². The first kappa shape index (κ1) is 26.7. The van der Waals surface area contributed by atoms with Crippen molar-refractivity contribution in [2.75, 3.05) is 29.1 Å². The first-order valence-corrected chi connectivity index (χ1v) is 13.8. The van der Waals surface area contributed by atoms with Crippen LogP contribution in [0.4, 0.5) is 24.5 Å². The maximum atomic E-state index is 12.8. The Morgan fingerprint density at radius 3 is 2.05 bits per heavy atom. The van der Waals surface area contributed by atoms with Crippen LogP contribution >= 0.6 is 0 Å². The lowest BCUT2D eigenvalue weighted by molar-refractivity contribution is -0.137. The second-order valence-electron chi connectivity index (χ2n) is 9.20. The second-order valence-corrected chi connectivity index (χ2v) is 11.5. The minimum atomic E-state index is -4.33. The highest BCUT2D eigenvalue weighted by molar-refractivity contribution is 7.91. The van der Waals surface area contributed by atoms with Gasteiger partial charge in [-0.3, -0.25) is 4.79 Å². The van der Waals surface area contributed by atoms with E-state index in [1.807, 2.05) is 24.3 Å². The molecule has 37 heavy (non-hydrogen) atoms. The molecule has 1 saturated heterocycles. The van der Waals surface area contributed by atoms with Crippen molar-refractivity contribution in [1.29, 1.82) is 0 Å². The number of alkyl halides is 3. The van der Waals surface area contributed by atoms with Gasteiger partial charge < -0.3 is 10.2 Å². The molecular weight excluding hydrogens is 501 g/mol. The van der Waals surface area contributed by atoms with Crippen LogP contribution in [0.5, 0.6) is 0 Å². The van der Waals surface area contributed by atoms with Crippen LogP contribution in [0.25, 0.3) is 0 Å². The van der Waals surface area contributed by atoms with Crippen LogP contribution < -0.4 is 10.2 Å². The number of nitrogens with one attached hydrogen (secondary N) is 1. The zero-order valence-electron chi connectivity index (χ0n) is 20.5. The molecule has 0 saturated carbocycles. The summed E-state index contributed by atoms with van der Waals surface area (Å²) < 4.78 is 62.3. The maximum Gasteiger partial charge on any atom is 0.416 e. The van der Waals surface area contributed by atoms with Crippen molar-refractivity contribution >= 4 is 27.1 Å². The van der Waals surface area contributed by atoms with E-state index in [2.05, 4.69) is 10.2 Å². The minimum absolute atomic E-state index is 0.0289. The normalized spacial score (nSPS) is 15.0. The lowest BCUT2D eigenvalue weighted by Gasteiger charge is -2.34. The number of amides is 1. The van der Waals surface area contributed by atoms with E-state index in [-0.39, 0.29) is 23.0 Å². The van der Waals surface area contributed by atoms with E-state index in [1.54, 1.807) is 19.1 Å². The maximum absolute atomic E-state index is 12.8. The van der Waals surface area contributed by atoms with Crippen molar-refractivity contribution in [3.8, 4) is 0 Å². The van der Waals surface area contributed by atoms with Gasteiger partial charge in [-0.1, -0.05) is 31.2 Å². The van der Waals surface area contributed by atoms with Crippen LogP contribution in [-0.4, -0.2) is 33.2 Å². The average Bonchev–Trinajstić information content (AvgIpc) is 2.89. The largest absolute Gasteiger partial charge is 0.416 e. The first-order chi connectivity index (χ1) is 17.5. The van der Waals surface area contributed by atoms with Crippen LogP contribution in [0.2, 0.25) is 0 Å². The summed E-state index contributed by atoms with van der Waals surface area (Å²) in [6.45, 7) is 3.11. The van der Waals surface area contributed by atoms with Crippen molar-refractivity contribution < 1.29 is 26.4 Å². The number of sulfone groups is 1. The fourth-order valence-electron chi connectivity index (χ4n) is 4.54. The number of hydrogen-bond acceptors (Lipinski definition) is 4. The lowest BCUT2D eigenvalue weighted by atomic mass is 9.89. The standard InChI is InChI=1S/C28H29F3N2O3S/c1-2-37(35,36)26-13-3-20(4-14-26)19-27(34)32-24-9-5-21(6-10-24)22-15-17-33(18-16-22)25-11-7-23(8-12-25)28(29,30)31/h3-14,22H,2,15-19H2,1H3,(H,32,34). The smallest absolute Gasteiger partial charge is 0.371 e. The second kappa shape index (κ2) is 11.0. The molecule has 0 radical (unpaired) electrons. The molecule has 0 bridgehead atoms. The Bertz CT molecular complexity index is 1310. The van der Waals surface area contributed by atoms with Crippen molar-refractivity contribution in [2.45, 2.75) is 43.2 Å². The summed E-state index contributed by atoms with van der Waals surface area (Å²) >= 11 is 0. The monoisotopic (exact) mass is 530 g/mol. The number of carbonyl (C=O) groups excluding carboxylic acids is 1. The molecule has 1 aliphatic rings. The highest BCUT2D eigenvalue weighted by Gasteiger charge is 2.30. The lowest BCUT2D eigenvalue weighted by Crippen LogP contribution is -2.32. The summed E-state index contributed by atoms with van der Waals surface area (Å²) in [5, 5.41) is 2.87. The third kappa shape index (κ3) is 6.71. The summed E-state index contributed by atoms with van der Waals surface area (Å²) in [4.78, 5) is 14.8. The Morgan fingerprint density at radius 2 is 1.51 bits per heavy atom. The van der Waals surface area contributed by atoms with Crippen LogP contribution in [0, 0.1) is 0 Å². The molecule has 5 nitrogen and oxygen atoms in total. The van der Waals surface area contributed by atoms with Gasteiger partial charge >= 0.3 is 6.18 Å². The first-order valence-electron chi connectivity index (χ1n) is 12.2. The average molecular weight is 531 g/mol. The zero-order chi connectivity index (χ0) is 26.6. The van der Waals surface area contributed by atoms with E-state index >= 15 is 0 Å². The molecule has 0 spiro atoms. The van der Waals surface area contributed by atoms with E-state index in [0.29, 0.717) is 11.6 Å². The molecular formula is C28H29F3N2O3S. The fraction of sp³-hybridized carbons (Fsp3) is 0.321. The van der Waals surface area contributed by atoms with Crippen LogP contribution in [0.3, 0.4) is 0 Å². The van der Waals surface area contributed by atoms with Gasteiger partial charge in [-0.2, -0.15) is 13.2 Å². The molecule has 1 N–H and O–H groups in total. The number of halogens is 3. The number of piperidine rings is 1. The summed E-state index contributed by atoms with van der Waals surface area (Å²) in [5.41, 5.74) is 2.73. The summed E-state index contributed by atoms with van der Waals surface area (Å²) in [5.74, 6) is 0.179. The third-order valence-corrected chi connectivity index (χ3v) is 8.50. The van der Waals surface area contributed by atoms with Crippen LogP contribution in [0.1, 0.15) is 42.4 Å². The number of nitrogens with zero attached hydrogens (tertiary/aromatic N) is 1. The molecule has 1 heterocycles. The van der Waals surface area contributed by atoms with Crippen molar-refractivity contribution in [1.82, 2.24) is 0 Å². The molecule has 1 fully saturated rings. The molecule has 0 aliphatic carbocycles. The summed E-state index contributed by atoms with van der Waals surface area (Å²) in [7, 11) is -3.27. The van der Waals surface area contributed by atoms with Gasteiger partial charge in [0, 0.05) is 24.5 Å². The third-order valence-electron chi connectivity index (χ3n) is 6.75. The van der Waals surface area contributed by atoms with Gasteiger partial charge in [0.25, 0.3) is 0 Å². The molecule has 4 rings (SSSR count). The predicted octanol–water partition coefficient (Wildman–Crippen LogP) is 6.06. The van der Waals surface area contributed by atoms with E-state index in [1.165, 1.54) is 24.3 Å². The predicted molar refractivity (Wildman–Crippen MR) is 139 cm³/mol.